The van der Waals surface area contributed by atoms with E-state index in [-0.39, 0.29) is 18.5 Å². The Bertz CT molecular complexity index is 1170. The van der Waals surface area contributed by atoms with Crippen LogP contribution in [0.2, 0.25) is 0 Å². The zero-order valence-electron chi connectivity index (χ0n) is 24.9. The Hall–Kier alpha value is -2.29. The quantitative estimate of drug-likeness (QED) is 0.208. The summed E-state index contributed by atoms with van der Waals surface area (Å²) in [6.07, 6.45) is 0.193. The molecule has 7 nitrogen and oxygen atoms in total. The molecule has 2 aliphatic heterocycles. The van der Waals surface area contributed by atoms with E-state index in [1.165, 1.54) is 16.7 Å². The number of likely N-dealkylation sites (N-methyl/N-ethyl adjacent to an activating group) is 1. The van der Waals surface area contributed by atoms with E-state index in [1.54, 1.807) is 0 Å². The number of morpholine rings is 1. The van der Waals surface area contributed by atoms with Crippen LogP contribution in [0.4, 0.5) is 0 Å². The molecule has 2 aliphatic rings. The van der Waals surface area contributed by atoms with Crippen molar-refractivity contribution in [1.82, 2.24) is 19.1 Å². The summed E-state index contributed by atoms with van der Waals surface area (Å²) in [6, 6.07) is 32.5. The molecule has 0 aromatic heterocycles. The number of benzene rings is 3. The van der Waals surface area contributed by atoms with E-state index in [2.05, 4.69) is 120 Å². The van der Waals surface area contributed by atoms with Gasteiger partial charge in [0.05, 0.1) is 18.2 Å². The van der Waals surface area contributed by atoms with Gasteiger partial charge in [0.15, 0.2) is 0 Å². The summed E-state index contributed by atoms with van der Waals surface area (Å²) < 4.78 is 30.7. The fourth-order valence-corrected chi connectivity index (χ4v) is 8.60. The highest BCUT2D eigenvalue weighted by Gasteiger charge is 2.45. The molecule has 3 unspecified atom stereocenters. The van der Waals surface area contributed by atoms with Gasteiger partial charge in [0.25, 0.3) is 0 Å². The Morgan fingerprint density at radius 3 is 1.78 bits per heavy atom. The standard InChI is InChI=1S/C32H44BN4O3P/c1-34(2)41(38,26-39-25-30-23-35(3)24-31(33)40-30)37-21-19-36(20-22-37)32(27-13-7-4-8-14-27,28-15-9-5-10-16-28)29-17-11-6-12-18-29/h4-18,30-31H,19-26,33H2,1-3H3. The van der Waals surface area contributed by atoms with Crippen LogP contribution in [0.1, 0.15) is 16.7 Å². The molecule has 2 saturated heterocycles. The molecule has 0 saturated carbocycles. The van der Waals surface area contributed by atoms with Gasteiger partial charge in [-0.05, 0) is 37.8 Å². The van der Waals surface area contributed by atoms with Crippen molar-refractivity contribution in [2.45, 2.75) is 17.6 Å². The number of hydrogen-bond donors (Lipinski definition) is 0. The van der Waals surface area contributed by atoms with Crippen molar-refractivity contribution < 1.29 is 14.0 Å². The van der Waals surface area contributed by atoms with Gasteiger partial charge in [0.2, 0.25) is 7.44 Å². The normalized spacial score (nSPS) is 22.9. The van der Waals surface area contributed by atoms with E-state index in [0.29, 0.717) is 19.7 Å². The summed E-state index contributed by atoms with van der Waals surface area (Å²) in [5.41, 5.74) is 3.24. The van der Waals surface area contributed by atoms with E-state index in [9.17, 15) is 4.57 Å². The number of piperazine rings is 1. The van der Waals surface area contributed by atoms with Crippen LogP contribution in [0.3, 0.4) is 0 Å². The first-order valence-corrected chi connectivity index (χ1v) is 16.5. The topological polar surface area (TPSA) is 48.5 Å². The Kier molecular flexibility index (Phi) is 9.83. The maximum Gasteiger partial charge on any atom is 0.241 e. The molecule has 3 aromatic carbocycles. The van der Waals surface area contributed by atoms with Crippen molar-refractivity contribution in [2.24, 2.45) is 0 Å². The molecule has 9 heteroatoms. The second-order valence-corrected chi connectivity index (χ2v) is 14.5. The predicted molar refractivity (Wildman–Crippen MR) is 169 cm³/mol. The van der Waals surface area contributed by atoms with Crippen LogP contribution in [0.25, 0.3) is 0 Å². The average Bonchev–Trinajstić information content (AvgIpc) is 2.99. The molecule has 218 valence electrons. The van der Waals surface area contributed by atoms with E-state index < -0.39 is 13.0 Å². The molecular weight excluding hydrogens is 530 g/mol. The maximum atomic E-state index is 14.5. The van der Waals surface area contributed by atoms with Gasteiger partial charge in [-0.2, -0.15) is 0 Å². The van der Waals surface area contributed by atoms with Gasteiger partial charge < -0.3 is 14.4 Å². The fourth-order valence-electron chi connectivity index (χ4n) is 6.55. The van der Waals surface area contributed by atoms with Crippen LogP contribution in [0, 0.1) is 0 Å². The molecule has 0 bridgehead atoms. The molecule has 5 rings (SSSR count). The Labute approximate surface area is 246 Å². The lowest BCUT2D eigenvalue weighted by atomic mass is 9.75. The maximum absolute atomic E-state index is 14.5. The molecule has 3 atom stereocenters. The van der Waals surface area contributed by atoms with Crippen LogP contribution in [0.15, 0.2) is 91.0 Å². The number of ether oxygens (including phenoxy) is 2. The SMILES string of the molecule is BC1CN(C)CC(COCP(=O)(N(C)C)N2CCN(C(c3ccccc3)(c3ccccc3)c3ccccc3)CC2)O1. The molecule has 0 amide bonds. The van der Waals surface area contributed by atoms with Crippen molar-refractivity contribution in [3.8, 4) is 0 Å². The number of nitrogens with zero attached hydrogens (tertiary/aromatic N) is 4. The van der Waals surface area contributed by atoms with Crippen molar-refractivity contribution in [2.75, 3.05) is 73.4 Å². The highest BCUT2D eigenvalue weighted by atomic mass is 31.2. The molecule has 0 spiro atoms. The Balaban J connectivity index is 1.38. The summed E-state index contributed by atoms with van der Waals surface area (Å²) >= 11 is 0. The monoisotopic (exact) mass is 574 g/mol. The van der Waals surface area contributed by atoms with Gasteiger partial charge >= 0.3 is 0 Å². The lowest BCUT2D eigenvalue weighted by molar-refractivity contribution is -0.0748. The smallest absolute Gasteiger partial charge is 0.241 e. The minimum Gasteiger partial charge on any atom is -0.379 e. The van der Waals surface area contributed by atoms with Crippen molar-refractivity contribution >= 4 is 15.3 Å². The van der Waals surface area contributed by atoms with Crippen molar-refractivity contribution in [1.29, 1.82) is 0 Å². The minimum absolute atomic E-state index is 0.000516. The third kappa shape index (κ3) is 6.40. The highest BCUT2D eigenvalue weighted by molar-refractivity contribution is 7.58. The molecule has 0 aliphatic carbocycles. The van der Waals surface area contributed by atoms with Crippen LogP contribution in [-0.2, 0) is 19.6 Å². The van der Waals surface area contributed by atoms with E-state index in [0.717, 1.165) is 26.2 Å². The van der Waals surface area contributed by atoms with Gasteiger partial charge in [-0.15, -0.1) is 0 Å². The van der Waals surface area contributed by atoms with Crippen molar-refractivity contribution in [3.05, 3.63) is 108 Å². The first-order valence-electron chi connectivity index (χ1n) is 14.7. The van der Waals surface area contributed by atoms with Gasteiger partial charge in [-0.1, -0.05) is 91.0 Å². The molecule has 41 heavy (non-hydrogen) atoms. The average molecular weight is 575 g/mol. The van der Waals surface area contributed by atoms with Crippen LogP contribution >= 0.6 is 7.44 Å². The van der Waals surface area contributed by atoms with Gasteiger partial charge in [-0.25, -0.2) is 9.34 Å². The molecule has 2 fully saturated rings. The molecular formula is C32H44BN4O3P. The summed E-state index contributed by atoms with van der Waals surface area (Å²) in [6.45, 7) is 5.11. The van der Waals surface area contributed by atoms with Gasteiger partial charge in [0.1, 0.15) is 14.2 Å². The third-order valence-electron chi connectivity index (χ3n) is 8.44. The number of rotatable bonds is 10. The Morgan fingerprint density at radius 1 is 0.854 bits per heavy atom. The summed E-state index contributed by atoms with van der Waals surface area (Å²) in [7, 11) is 5.10. The second kappa shape index (κ2) is 13.3. The van der Waals surface area contributed by atoms with Crippen molar-refractivity contribution in [3.63, 3.8) is 0 Å². The summed E-state index contributed by atoms with van der Waals surface area (Å²) in [5.74, 6) is 0. The van der Waals surface area contributed by atoms with Crippen LogP contribution in [0.5, 0.6) is 0 Å². The lowest BCUT2D eigenvalue weighted by Crippen LogP contribution is -2.56. The largest absolute Gasteiger partial charge is 0.379 e. The first-order chi connectivity index (χ1) is 19.8. The highest BCUT2D eigenvalue weighted by Crippen LogP contribution is 2.53. The molecule has 2 heterocycles. The molecule has 3 aromatic rings. The summed E-state index contributed by atoms with van der Waals surface area (Å²) in [5, 5.41) is 0. The lowest BCUT2D eigenvalue weighted by Gasteiger charge is -2.50. The minimum atomic E-state index is -2.91. The van der Waals surface area contributed by atoms with Crippen LogP contribution in [-0.4, -0.2) is 112 Å². The zero-order valence-corrected chi connectivity index (χ0v) is 25.8. The summed E-state index contributed by atoms with van der Waals surface area (Å²) in [4.78, 5) is 4.84. The number of hydrogen-bond acceptors (Lipinski definition) is 5. The molecule has 0 N–H and O–H groups in total. The fraction of sp³-hybridized carbons (Fsp3) is 0.438. The van der Waals surface area contributed by atoms with E-state index >= 15 is 0 Å². The third-order valence-corrected chi connectivity index (χ3v) is 11.5. The van der Waals surface area contributed by atoms with Gasteiger partial charge in [0, 0.05) is 45.3 Å². The van der Waals surface area contributed by atoms with Gasteiger partial charge in [-0.3, -0.25) is 9.46 Å². The first kappa shape index (κ1) is 30.2. The molecule has 0 radical (unpaired) electrons. The zero-order chi connectivity index (χ0) is 28.9. The second-order valence-electron chi connectivity index (χ2n) is 11.6. The predicted octanol–water partition coefficient (Wildman–Crippen LogP) is 3.61. The van der Waals surface area contributed by atoms with E-state index in [1.807, 2.05) is 18.8 Å². The Morgan fingerprint density at radius 2 is 1.34 bits per heavy atom. The van der Waals surface area contributed by atoms with Crippen LogP contribution < -0.4 is 0 Å². The van der Waals surface area contributed by atoms with E-state index in [4.69, 9.17) is 9.47 Å².